The Balaban J connectivity index is 2.75. The van der Waals surface area contributed by atoms with Crippen LogP contribution in [0.15, 0.2) is 0 Å². The second-order valence-electron chi connectivity index (χ2n) is 5.98. The van der Waals surface area contributed by atoms with Crippen molar-refractivity contribution in [3.63, 3.8) is 0 Å². The van der Waals surface area contributed by atoms with Crippen molar-refractivity contribution in [3.8, 4) is 0 Å². The number of hydrogen-bond acceptors (Lipinski definition) is 3. The summed E-state index contributed by atoms with van der Waals surface area (Å²) >= 11 is 0. The summed E-state index contributed by atoms with van der Waals surface area (Å²) in [7, 11) is -1.82. The fourth-order valence-electron chi connectivity index (χ4n) is 1.68. The Morgan fingerprint density at radius 1 is 1.47 bits per heavy atom. The fraction of sp³-hybridized carbons (Fsp3) is 0.909. The summed E-state index contributed by atoms with van der Waals surface area (Å²) in [5.74, 6) is -0.169. The molecule has 0 radical (unpaired) electrons. The van der Waals surface area contributed by atoms with Gasteiger partial charge in [0.2, 0.25) is 0 Å². The van der Waals surface area contributed by atoms with E-state index in [1.165, 1.54) is 0 Å². The minimum absolute atomic E-state index is 0.113. The number of hydrogen-bond donors (Lipinski definition) is 1. The molecule has 0 bridgehead atoms. The highest BCUT2D eigenvalue weighted by molar-refractivity contribution is 6.81. The lowest BCUT2D eigenvalue weighted by Gasteiger charge is -2.42. The number of aliphatic hydroxyl groups excluding tert-OH is 1. The molecule has 1 N–H and O–H groups in total. The van der Waals surface area contributed by atoms with Gasteiger partial charge in [-0.1, -0.05) is 33.9 Å². The van der Waals surface area contributed by atoms with Gasteiger partial charge in [0.1, 0.15) is 6.10 Å². The van der Waals surface area contributed by atoms with Crippen molar-refractivity contribution in [3.05, 3.63) is 0 Å². The van der Waals surface area contributed by atoms with Crippen LogP contribution in [0, 0.1) is 0 Å². The largest absolute Gasteiger partial charge is 0.460 e. The van der Waals surface area contributed by atoms with Gasteiger partial charge in [-0.3, -0.25) is 4.79 Å². The van der Waals surface area contributed by atoms with E-state index in [-0.39, 0.29) is 17.1 Å². The Bertz CT molecular complexity index is 255. The predicted molar refractivity (Wildman–Crippen MR) is 62.3 cm³/mol. The van der Waals surface area contributed by atoms with E-state index in [4.69, 9.17) is 4.74 Å². The van der Waals surface area contributed by atoms with Crippen molar-refractivity contribution in [1.82, 2.24) is 0 Å². The van der Waals surface area contributed by atoms with E-state index in [1.54, 1.807) is 0 Å². The quantitative estimate of drug-likeness (QED) is 0.584. The molecule has 0 saturated carbocycles. The highest BCUT2D eigenvalue weighted by Gasteiger charge is 2.47. The second kappa shape index (κ2) is 3.90. The molecule has 88 valence electrons. The minimum Gasteiger partial charge on any atom is -0.460 e. The SMILES string of the molecule is CC(C)(C)[Si](C)(C)C(O)C1CCC(=O)O1. The van der Waals surface area contributed by atoms with Crippen LogP contribution in [0.4, 0.5) is 0 Å². The molecule has 1 heterocycles. The van der Waals surface area contributed by atoms with Gasteiger partial charge in [0, 0.05) is 6.42 Å². The van der Waals surface area contributed by atoms with Gasteiger partial charge in [0.05, 0.1) is 13.8 Å². The Morgan fingerprint density at radius 3 is 2.33 bits per heavy atom. The first kappa shape index (κ1) is 12.7. The van der Waals surface area contributed by atoms with Crippen LogP contribution in [0.25, 0.3) is 0 Å². The first-order chi connectivity index (χ1) is 6.66. The molecule has 0 aromatic rings. The van der Waals surface area contributed by atoms with Gasteiger partial charge >= 0.3 is 5.97 Å². The lowest BCUT2D eigenvalue weighted by Crippen LogP contribution is -2.54. The standard InChI is InChI=1S/C11H22O3Si/c1-11(2,3)15(4,5)10(13)8-6-7-9(12)14-8/h8,10,13H,6-7H2,1-5H3. The zero-order chi connectivity index (χ0) is 11.9. The van der Waals surface area contributed by atoms with Crippen molar-refractivity contribution >= 4 is 14.0 Å². The van der Waals surface area contributed by atoms with Gasteiger partial charge in [-0.2, -0.15) is 0 Å². The smallest absolute Gasteiger partial charge is 0.306 e. The monoisotopic (exact) mass is 230 g/mol. The molecular weight excluding hydrogens is 208 g/mol. The van der Waals surface area contributed by atoms with Crippen LogP contribution < -0.4 is 0 Å². The summed E-state index contributed by atoms with van der Waals surface area (Å²) < 4.78 is 5.15. The van der Waals surface area contributed by atoms with E-state index >= 15 is 0 Å². The molecule has 0 aliphatic carbocycles. The van der Waals surface area contributed by atoms with Crippen molar-refractivity contribution in [2.75, 3.05) is 0 Å². The van der Waals surface area contributed by atoms with Crippen molar-refractivity contribution < 1.29 is 14.6 Å². The van der Waals surface area contributed by atoms with E-state index in [9.17, 15) is 9.90 Å². The van der Waals surface area contributed by atoms with E-state index in [0.29, 0.717) is 12.8 Å². The number of aliphatic hydroxyl groups is 1. The molecule has 1 fully saturated rings. The molecule has 1 aliphatic heterocycles. The molecule has 3 nitrogen and oxygen atoms in total. The molecular formula is C11H22O3Si. The fourth-order valence-corrected chi connectivity index (χ4v) is 3.73. The maximum atomic E-state index is 11.0. The number of rotatable bonds is 2. The molecule has 0 spiro atoms. The maximum Gasteiger partial charge on any atom is 0.306 e. The van der Waals surface area contributed by atoms with Crippen LogP contribution in [0.5, 0.6) is 0 Å². The molecule has 2 unspecified atom stereocenters. The highest BCUT2D eigenvalue weighted by Crippen LogP contribution is 2.40. The summed E-state index contributed by atoms with van der Waals surface area (Å²) in [6, 6.07) is 0. The molecule has 0 amide bonds. The van der Waals surface area contributed by atoms with E-state index in [1.807, 2.05) is 0 Å². The zero-order valence-corrected chi connectivity index (χ0v) is 11.3. The molecule has 1 rings (SSSR count). The Labute approximate surface area is 92.8 Å². The topological polar surface area (TPSA) is 46.5 Å². The van der Waals surface area contributed by atoms with Crippen LogP contribution in [0.1, 0.15) is 33.6 Å². The normalized spacial score (nSPS) is 25.2. The molecule has 1 aliphatic rings. The zero-order valence-electron chi connectivity index (χ0n) is 10.3. The Morgan fingerprint density at radius 2 is 2.00 bits per heavy atom. The van der Waals surface area contributed by atoms with E-state index in [2.05, 4.69) is 33.9 Å². The van der Waals surface area contributed by atoms with Crippen molar-refractivity contribution in [2.24, 2.45) is 0 Å². The Kier molecular flexibility index (Phi) is 3.31. The van der Waals surface area contributed by atoms with Crippen LogP contribution in [0.2, 0.25) is 18.1 Å². The molecule has 1 saturated heterocycles. The predicted octanol–water partition coefficient (Wildman–Crippen LogP) is 2.10. The first-order valence-corrected chi connectivity index (χ1v) is 8.61. The number of ether oxygens (including phenoxy) is 1. The summed E-state index contributed by atoms with van der Waals surface area (Å²) in [6.45, 7) is 10.8. The number of esters is 1. The molecule has 15 heavy (non-hydrogen) atoms. The summed E-state index contributed by atoms with van der Waals surface area (Å²) in [5, 5.41) is 10.4. The first-order valence-electron chi connectivity index (χ1n) is 5.54. The van der Waals surface area contributed by atoms with Crippen LogP contribution in [0.3, 0.4) is 0 Å². The third-order valence-corrected chi connectivity index (χ3v) is 9.66. The average molecular weight is 230 g/mol. The molecule has 0 aromatic carbocycles. The number of cyclic esters (lactones) is 1. The van der Waals surface area contributed by atoms with Gasteiger partial charge in [0.25, 0.3) is 0 Å². The average Bonchev–Trinajstić information content (AvgIpc) is 2.48. The van der Waals surface area contributed by atoms with Crippen LogP contribution in [-0.2, 0) is 9.53 Å². The van der Waals surface area contributed by atoms with Gasteiger partial charge in [-0.05, 0) is 11.5 Å². The summed E-state index contributed by atoms with van der Waals surface area (Å²) in [5.41, 5.74) is -0.455. The minimum atomic E-state index is -1.82. The van der Waals surface area contributed by atoms with Crippen molar-refractivity contribution in [1.29, 1.82) is 0 Å². The molecule has 4 heteroatoms. The third-order valence-electron chi connectivity index (χ3n) is 3.94. The lowest BCUT2D eigenvalue weighted by molar-refractivity contribution is -0.143. The van der Waals surface area contributed by atoms with Crippen LogP contribution >= 0.6 is 0 Å². The number of carbonyl (C=O) groups excluding carboxylic acids is 1. The van der Waals surface area contributed by atoms with E-state index < -0.39 is 13.8 Å². The van der Waals surface area contributed by atoms with Gasteiger partial charge in [0.15, 0.2) is 0 Å². The van der Waals surface area contributed by atoms with Crippen molar-refractivity contribution in [2.45, 2.75) is 63.6 Å². The van der Waals surface area contributed by atoms with Gasteiger partial charge in [-0.25, -0.2) is 0 Å². The maximum absolute atomic E-state index is 11.0. The third kappa shape index (κ3) is 2.42. The highest BCUT2D eigenvalue weighted by atomic mass is 28.3. The van der Waals surface area contributed by atoms with Gasteiger partial charge in [-0.15, -0.1) is 0 Å². The summed E-state index contributed by atoms with van der Waals surface area (Å²) in [6.07, 6.45) is 0.862. The summed E-state index contributed by atoms with van der Waals surface area (Å²) in [4.78, 5) is 11.0. The molecule has 0 aromatic heterocycles. The van der Waals surface area contributed by atoms with Crippen LogP contribution in [-0.4, -0.2) is 31.0 Å². The second-order valence-corrected chi connectivity index (χ2v) is 11.5. The number of carbonyl (C=O) groups is 1. The molecule has 2 atom stereocenters. The van der Waals surface area contributed by atoms with Gasteiger partial charge < -0.3 is 9.84 Å². The lowest BCUT2D eigenvalue weighted by atomic mass is 10.2. The Hall–Kier alpha value is -0.353. The van der Waals surface area contributed by atoms with E-state index in [0.717, 1.165) is 0 Å².